The molecule has 0 saturated heterocycles. The molecule has 18 heavy (non-hydrogen) atoms. The monoisotopic (exact) mass is 277 g/mol. The number of sulfone groups is 1. The van der Waals surface area contributed by atoms with Crippen LogP contribution in [-0.2, 0) is 16.4 Å². The molecule has 1 N–H and O–H groups in total. The summed E-state index contributed by atoms with van der Waals surface area (Å²) in [6, 6.07) is 0. The van der Waals surface area contributed by atoms with Gasteiger partial charge in [0.15, 0.2) is 0 Å². The van der Waals surface area contributed by atoms with Crippen LogP contribution in [0.15, 0.2) is 15.8 Å². The Hall–Kier alpha value is -1.97. The fourth-order valence-corrected chi connectivity index (χ4v) is 1.94. The van der Waals surface area contributed by atoms with E-state index in [1.54, 1.807) is 4.98 Å². The molecular weight excluding hydrogens is 266 g/mol. The van der Waals surface area contributed by atoms with Crippen LogP contribution in [-0.4, -0.2) is 34.9 Å². The SMILES string of the molecule is CS(=O)(=O)CCCn1cc([N+](=O)[O-])c(=O)[nH]c1=O. The number of nitrogens with zero attached hydrogens (tertiary/aromatic N) is 2. The van der Waals surface area contributed by atoms with E-state index in [2.05, 4.69) is 0 Å². The first kappa shape index (κ1) is 14.1. The predicted octanol–water partition coefficient (Wildman–Crippen LogP) is -1.12. The number of hydrogen-bond acceptors (Lipinski definition) is 6. The van der Waals surface area contributed by atoms with Gasteiger partial charge in [0.05, 0.1) is 16.9 Å². The number of nitro groups is 1. The number of hydrogen-bond donors (Lipinski definition) is 1. The third-order valence-corrected chi connectivity index (χ3v) is 3.13. The fraction of sp³-hybridized carbons (Fsp3) is 0.500. The quantitative estimate of drug-likeness (QED) is 0.535. The molecular formula is C8H11N3O6S. The first-order valence-corrected chi connectivity index (χ1v) is 6.92. The molecule has 1 heterocycles. The van der Waals surface area contributed by atoms with Crippen molar-refractivity contribution in [2.75, 3.05) is 12.0 Å². The van der Waals surface area contributed by atoms with E-state index in [4.69, 9.17) is 0 Å². The minimum absolute atomic E-state index is 0.0243. The summed E-state index contributed by atoms with van der Waals surface area (Å²) in [7, 11) is -3.16. The second-order valence-corrected chi connectivity index (χ2v) is 5.97. The Morgan fingerprint density at radius 1 is 1.44 bits per heavy atom. The van der Waals surface area contributed by atoms with Crippen molar-refractivity contribution in [3.63, 3.8) is 0 Å². The van der Waals surface area contributed by atoms with Crippen LogP contribution >= 0.6 is 0 Å². The lowest BCUT2D eigenvalue weighted by molar-refractivity contribution is -0.386. The van der Waals surface area contributed by atoms with E-state index in [9.17, 15) is 28.1 Å². The highest BCUT2D eigenvalue weighted by Crippen LogP contribution is 2.00. The molecule has 10 heteroatoms. The van der Waals surface area contributed by atoms with Gasteiger partial charge in [-0.15, -0.1) is 0 Å². The van der Waals surface area contributed by atoms with Gasteiger partial charge in [-0.05, 0) is 6.42 Å². The van der Waals surface area contributed by atoms with E-state index in [0.717, 1.165) is 17.0 Å². The summed E-state index contributed by atoms with van der Waals surface area (Å²) in [6.45, 7) is -0.0243. The summed E-state index contributed by atoms with van der Waals surface area (Å²) in [4.78, 5) is 33.7. The number of aryl methyl sites for hydroxylation is 1. The topological polar surface area (TPSA) is 132 Å². The third-order valence-electron chi connectivity index (χ3n) is 2.10. The smallest absolute Gasteiger partial charge is 0.294 e. The van der Waals surface area contributed by atoms with Crippen molar-refractivity contribution < 1.29 is 13.3 Å². The molecule has 0 unspecified atom stereocenters. The molecule has 1 aromatic heterocycles. The first-order chi connectivity index (χ1) is 8.20. The Morgan fingerprint density at radius 3 is 2.56 bits per heavy atom. The van der Waals surface area contributed by atoms with E-state index < -0.39 is 31.7 Å². The molecule has 0 aliphatic carbocycles. The highest BCUT2D eigenvalue weighted by Gasteiger charge is 2.14. The van der Waals surface area contributed by atoms with Crippen molar-refractivity contribution in [2.45, 2.75) is 13.0 Å². The van der Waals surface area contributed by atoms with E-state index in [0.29, 0.717) is 0 Å². The van der Waals surface area contributed by atoms with Crippen LogP contribution in [0.2, 0.25) is 0 Å². The van der Waals surface area contributed by atoms with Gasteiger partial charge in [-0.1, -0.05) is 0 Å². The zero-order valence-corrected chi connectivity index (χ0v) is 10.3. The Morgan fingerprint density at radius 2 is 2.06 bits per heavy atom. The summed E-state index contributed by atoms with van der Waals surface area (Å²) in [5.41, 5.74) is -2.64. The minimum Gasteiger partial charge on any atom is -0.294 e. The molecule has 9 nitrogen and oxygen atoms in total. The van der Waals surface area contributed by atoms with Crippen molar-refractivity contribution >= 4 is 15.5 Å². The van der Waals surface area contributed by atoms with Gasteiger partial charge in [0, 0.05) is 12.8 Å². The molecule has 0 radical (unpaired) electrons. The molecule has 0 spiro atoms. The van der Waals surface area contributed by atoms with Crippen LogP contribution in [0.5, 0.6) is 0 Å². The summed E-state index contributed by atoms with van der Waals surface area (Å²) in [5.74, 6) is -0.146. The maximum atomic E-state index is 11.3. The number of rotatable bonds is 5. The maximum absolute atomic E-state index is 11.3. The molecule has 0 fully saturated rings. The molecule has 0 atom stereocenters. The van der Waals surface area contributed by atoms with Gasteiger partial charge < -0.3 is 0 Å². The van der Waals surface area contributed by atoms with E-state index in [1.807, 2.05) is 0 Å². The average Bonchev–Trinajstić information content (AvgIpc) is 2.18. The van der Waals surface area contributed by atoms with Gasteiger partial charge in [0.1, 0.15) is 9.84 Å². The summed E-state index contributed by atoms with van der Waals surface area (Å²) >= 11 is 0. The van der Waals surface area contributed by atoms with Crippen molar-refractivity contribution in [1.29, 1.82) is 0 Å². The number of aromatic amines is 1. The first-order valence-electron chi connectivity index (χ1n) is 4.86. The van der Waals surface area contributed by atoms with Gasteiger partial charge in [0.25, 0.3) is 0 Å². The van der Waals surface area contributed by atoms with Crippen LogP contribution in [0, 0.1) is 10.1 Å². The Balaban J connectivity index is 2.97. The highest BCUT2D eigenvalue weighted by molar-refractivity contribution is 7.90. The fourth-order valence-electron chi connectivity index (χ4n) is 1.29. The standard InChI is InChI=1S/C8H11N3O6S/c1-18(16,17)4-2-3-10-5-6(11(14)15)7(12)9-8(10)13/h5H,2-4H2,1H3,(H,9,12,13). The third kappa shape index (κ3) is 3.80. The molecule has 0 aliphatic rings. The summed E-state index contributed by atoms with van der Waals surface area (Å²) in [5, 5.41) is 10.5. The van der Waals surface area contributed by atoms with Gasteiger partial charge >= 0.3 is 16.9 Å². The van der Waals surface area contributed by atoms with Gasteiger partial charge in [0.2, 0.25) is 0 Å². The maximum Gasteiger partial charge on any atom is 0.350 e. The molecule has 1 aromatic rings. The van der Waals surface area contributed by atoms with Crippen molar-refractivity contribution in [3.8, 4) is 0 Å². The number of H-pyrrole nitrogens is 1. The molecule has 100 valence electrons. The lowest BCUT2D eigenvalue weighted by Crippen LogP contribution is -2.31. The predicted molar refractivity (Wildman–Crippen MR) is 62.3 cm³/mol. The summed E-state index contributed by atoms with van der Waals surface area (Å²) < 4.78 is 22.7. The van der Waals surface area contributed by atoms with E-state index in [1.165, 1.54) is 0 Å². The number of nitrogens with one attached hydrogen (secondary N) is 1. The molecule has 0 bridgehead atoms. The van der Waals surface area contributed by atoms with Crippen LogP contribution < -0.4 is 11.2 Å². The number of aromatic nitrogens is 2. The minimum atomic E-state index is -3.16. The van der Waals surface area contributed by atoms with Crippen molar-refractivity contribution in [2.24, 2.45) is 0 Å². The van der Waals surface area contributed by atoms with E-state index >= 15 is 0 Å². The van der Waals surface area contributed by atoms with Crippen LogP contribution in [0.4, 0.5) is 5.69 Å². The summed E-state index contributed by atoms with van der Waals surface area (Å²) in [6.07, 6.45) is 1.98. The molecule has 0 aliphatic heterocycles. The zero-order chi connectivity index (χ0) is 13.9. The second kappa shape index (κ2) is 5.12. The zero-order valence-electron chi connectivity index (χ0n) is 9.45. The Bertz CT molecular complexity index is 671. The molecule has 0 amide bonds. The van der Waals surface area contributed by atoms with Gasteiger partial charge in [-0.3, -0.25) is 24.5 Å². The lowest BCUT2D eigenvalue weighted by Gasteiger charge is -2.03. The van der Waals surface area contributed by atoms with Crippen molar-refractivity contribution in [3.05, 3.63) is 37.1 Å². The van der Waals surface area contributed by atoms with E-state index in [-0.39, 0.29) is 18.7 Å². The van der Waals surface area contributed by atoms with Gasteiger partial charge in [-0.25, -0.2) is 13.2 Å². The Kier molecular flexibility index (Phi) is 4.01. The van der Waals surface area contributed by atoms with Crippen molar-refractivity contribution in [1.82, 2.24) is 9.55 Å². The normalized spacial score (nSPS) is 11.4. The van der Waals surface area contributed by atoms with Crippen LogP contribution in [0.25, 0.3) is 0 Å². The van der Waals surface area contributed by atoms with Crippen LogP contribution in [0.3, 0.4) is 0 Å². The van der Waals surface area contributed by atoms with Crippen LogP contribution in [0.1, 0.15) is 6.42 Å². The molecule has 0 saturated carbocycles. The Labute approximate surface area is 101 Å². The second-order valence-electron chi connectivity index (χ2n) is 3.71. The molecule has 1 rings (SSSR count). The highest BCUT2D eigenvalue weighted by atomic mass is 32.2. The largest absolute Gasteiger partial charge is 0.350 e. The molecule has 0 aromatic carbocycles. The van der Waals surface area contributed by atoms with Gasteiger partial charge in [-0.2, -0.15) is 0 Å². The lowest BCUT2D eigenvalue weighted by atomic mass is 10.4. The average molecular weight is 277 g/mol.